The normalized spacial score (nSPS) is 9.68. The third-order valence-corrected chi connectivity index (χ3v) is 3.72. The Hall–Kier alpha value is -2.85. The van der Waals surface area contributed by atoms with Gasteiger partial charge in [0.25, 0.3) is 0 Å². The molecule has 3 aromatic rings. The van der Waals surface area contributed by atoms with Crippen molar-refractivity contribution < 1.29 is 20.1 Å². The van der Waals surface area contributed by atoms with Gasteiger partial charge < -0.3 is 15.3 Å². The third-order valence-electron chi connectivity index (χ3n) is 3.72. The van der Waals surface area contributed by atoms with E-state index in [1.54, 1.807) is 24.3 Å². The van der Waals surface area contributed by atoms with Gasteiger partial charge in [-0.25, -0.2) is 0 Å². The van der Waals surface area contributed by atoms with Crippen molar-refractivity contribution in [3.63, 3.8) is 0 Å². The van der Waals surface area contributed by atoms with Crippen molar-refractivity contribution in [2.24, 2.45) is 0 Å². The average molecular weight is 340 g/mol. The maximum absolute atomic E-state index is 12.3. The first-order valence-corrected chi connectivity index (χ1v) is 7.61. The van der Waals surface area contributed by atoms with E-state index < -0.39 is 0 Å². The molecule has 0 heterocycles. The van der Waals surface area contributed by atoms with Crippen LogP contribution in [-0.2, 0) is 6.42 Å². The van der Waals surface area contributed by atoms with Gasteiger partial charge in [0.05, 0.1) is 5.56 Å². The van der Waals surface area contributed by atoms with Crippen LogP contribution in [0.25, 0.3) is 10.8 Å². The van der Waals surface area contributed by atoms with Crippen LogP contribution in [0.3, 0.4) is 0 Å². The van der Waals surface area contributed by atoms with Crippen LogP contribution in [-0.4, -0.2) is 28.2 Å². The Morgan fingerprint density at radius 3 is 2.24 bits per heavy atom. The van der Waals surface area contributed by atoms with E-state index in [9.17, 15) is 15.0 Å². The quantitative estimate of drug-likeness (QED) is 0.618. The van der Waals surface area contributed by atoms with E-state index in [0.717, 1.165) is 18.1 Å². The molecule has 0 unspecified atom stereocenters. The standard InChI is InChI=1S/C19H16O3.CH4O.CH4/c20-16-8-7-14-11-17(19(22)12-15(14)10-16)18(21)9-6-13-4-2-1-3-5-13;1-2;/h1-5,7-8,10-12,20,22H,6,9H2;2H,1H3;1H4. The van der Waals surface area contributed by atoms with E-state index in [4.69, 9.17) is 5.11 Å². The molecule has 0 bridgehead atoms. The summed E-state index contributed by atoms with van der Waals surface area (Å²) in [7, 11) is 1.00. The molecule has 0 aliphatic carbocycles. The van der Waals surface area contributed by atoms with Crippen LogP contribution in [0.2, 0.25) is 0 Å². The van der Waals surface area contributed by atoms with Gasteiger partial charge in [-0.05, 0) is 47.0 Å². The summed E-state index contributed by atoms with van der Waals surface area (Å²) in [4.78, 5) is 12.3. The van der Waals surface area contributed by atoms with Gasteiger partial charge in [0, 0.05) is 13.5 Å². The molecule has 0 spiro atoms. The molecule has 132 valence electrons. The van der Waals surface area contributed by atoms with E-state index in [1.807, 2.05) is 30.3 Å². The summed E-state index contributed by atoms with van der Waals surface area (Å²) in [6.07, 6.45) is 0.994. The molecule has 0 fully saturated rings. The Kier molecular flexibility index (Phi) is 7.63. The second kappa shape index (κ2) is 9.45. The fraction of sp³-hybridized carbons (Fsp3) is 0.190. The Morgan fingerprint density at radius 2 is 1.56 bits per heavy atom. The number of carbonyl (C=O) groups excluding carboxylic acids is 1. The number of Topliss-reactive ketones (excluding diaryl/α,β-unsaturated/α-hetero) is 1. The molecule has 0 aliphatic rings. The predicted octanol–water partition coefficient (Wildman–Crippen LogP) is 4.31. The van der Waals surface area contributed by atoms with Crippen LogP contribution < -0.4 is 0 Å². The van der Waals surface area contributed by atoms with Crippen molar-refractivity contribution in [2.45, 2.75) is 20.3 Å². The van der Waals surface area contributed by atoms with Crippen LogP contribution in [0.4, 0.5) is 0 Å². The minimum Gasteiger partial charge on any atom is -0.508 e. The number of phenolic OH excluding ortho intramolecular Hbond substituents is 2. The molecule has 3 rings (SSSR count). The Morgan fingerprint density at radius 1 is 0.880 bits per heavy atom. The highest BCUT2D eigenvalue weighted by Crippen LogP contribution is 2.28. The number of phenols is 2. The molecule has 3 N–H and O–H groups in total. The van der Waals surface area contributed by atoms with Gasteiger partial charge in [0.15, 0.2) is 5.78 Å². The highest BCUT2D eigenvalue weighted by molar-refractivity contribution is 6.03. The number of carbonyl (C=O) groups is 1. The zero-order chi connectivity index (χ0) is 17.5. The second-order valence-electron chi connectivity index (χ2n) is 5.31. The molecular weight excluding hydrogens is 316 g/mol. The van der Waals surface area contributed by atoms with Crippen LogP contribution in [0.1, 0.15) is 29.8 Å². The SMILES string of the molecule is C.CO.O=C(CCc1ccccc1)c1cc2ccc(O)cc2cc1O. The summed E-state index contributed by atoms with van der Waals surface area (Å²) in [6, 6.07) is 17.9. The molecule has 0 aromatic heterocycles. The molecule has 0 saturated carbocycles. The number of aliphatic hydroxyl groups excluding tert-OH is 1. The molecule has 4 nitrogen and oxygen atoms in total. The number of hydrogen-bond acceptors (Lipinski definition) is 4. The van der Waals surface area contributed by atoms with Gasteiger partial charge in [-0.2, -0.15) is 0 Å². The molecule has 4 heteroatoms. The highest BCUT2D eigenvalue weighted by Gasteiger charge is 2.13. The van der Waals surface area contributed by atoms with Crippen molar-refractivity contribution in [3.05, 3.63) is 71.8 Å². The second-order valence-corrected chi connectivity index (χ2v) is 5.31. The van der Waals surface area contributed by atoms with E-state index in [-0.39, 0.29) is 24.7 Å². The van der Waals surface area contributed by atoms with Crippen molar-refractivity contribution in [3.8, 4) is 11.5 Å². The summed E-state index contributed by atoms with van der Waals surface area (Å²) in [5.74, 6) is 0.00236. The fourth-order valence-electron chi connectivity index (χ4n) is 2.53. The van der Waals surface area contributed by atoms with Gasteiger partial charge >= 0.3 is 0 Å². The molecule has 0 atom stereocenters. The van der Waals surface area contributed by atoms with E-state index in [0.29, 0.717) is 23.8 Å². The molecule has 0 radical (unpaired) electrons. The Labute approximate surface area is 148 Å². The molecular formula is C21H24O4. The topological polar surface area (TPSA) is 77.8 Å². The van der Waals surface area contributed by atoms with Gasteiger partial charge in [0.1, 0.15) is 11.5 Å². The van der Waals surface area contributed by atoms with Crippen LogP contribution in [0, 0.1) is 0 Å². The number of ketones is 1. The maximum Gasteiger partial charge on any atom is 0.166 e. The lowest BCUT2D eigenvalue weighted by Crippen LogP contribution is -2.01. The lowest BCUT2D eigenvalue weighted by molar-refractivity contribution is 0.0980. The molecule has 0 saturated heterocycles. The summed E-state index contributed by atoms with van der Waals surface area (Å²) >= 11 is 0. The van der Waals surface area contributed by atoms with E-state index in [1.165, 1.54) is 6.07 Å². The molecule has 3 aromatic carbocycles. The smallest absolute Gasteiger partial charge is 0.166 e. The van der Waals surface area contributed by atoms with Crippen molar-refractivity contribution >= 4 is 16.6 Å². The molecule has 0 amide bonds. The first-order valence-electron chi connectivity index (χ1n) is 7.61. The van der Waals surface area contributed by atoms with Crippen molar-refractivity contribution in [1.29, 1.82) is 0 Å². The number of benzene rings is 3. The molecule has 25 heavy (non-hydrogen) atoms. The maximum atomic E-state index is 12.3. The lowest BCUT2D eigenvalue weighted by atomic mass is 9.99. The minimum atomic E-state index is -0.0867. The predicted molar refractivity (Wildman–Crippen MR) is 101 cm³/mol. The lowest BCUT2D eigenvalue weighted by Gasteiger charge is -2.07. The number of aliphatic hydroxyl groups is 1. The summed E-state index contributed by atoms with van der Waals surface area (Å²) in [5.41, 5.74) is 1.43. The van der Waals surface area contributed by atoms with Gasteiger partial charge in [0.2, 0.25) is 0 Å². The summed E-state index contributed by atoms with van der Waals surface area (Å²) in [6.45, 7) is 0. The summed E-state index contributed by atoms with van der Waals surface area (Å²) in [5, 5.41) is 28.0. The number of hydrogen-bond donors (Lipinski definition) is 3. The number of rotatable bonds is 4. The van der Waals surface area contributed by atoms with E-state index >= 15 is 0 Å². The highest BCUT2D eigenvalue weighted by atomic mass is 16.3. The number of fused-ring (bicyclic) bond motifs is 1. The number of aromatic hydroxyl groups is 2. The van der Waals surface area contributed by atoms with Crippen molar-refractivity contribution in [2.75, 3.05) is 7.11 Å². The summed E-state index contributed by atoms with van der Waals surface area (Å²) < 4.78 is 0. The van der Waals surface area contributed by atoms with Crippen LogP contribution in [0.15, 0.2) is 60.7 Å². The Bertz CT molecular complexity index is 826. The third kappa shape index (κ3) is 5.06. The largest absolute Gasteiger partial charge is 0.508 e. The van der Waals surface area contributed by atoms with Crippen molar-refractivity contribution in [1.82, 2.24) is 0 Å². The molecule has 0 aliphatic heterocycles. The number of aryl methyl sites for hydroxylation is 1. The van der Waals surface area contributed by atoms with E-state index in [2.05, 4.69) is 0 Å². The first kappa shape index (κ1) is 20.2. The van der Waals surface area contributed by atoms with Crippen LogP contribution in [0.5, 0.6) is 11.5 Å². The zero-order valence-electron chi connectivity index (χ0n) is 13.4. The Balaban J connectivity index is 0.00000101. The minimum absolute atomic E-state index is 0. The van der Waals surface area contributed by atoms with Crippen LogP contribution >= 0.6 is 0 Å². The average Bonchev–Trinajstić information content (AvgIpc) is 2.61. The first-order chi connectivity index (χ1) is 11.6. The fourth-order valence-corrected chi connectivity index (χ4v) is 2.53. The monoisotopic (exact) mass is 340 g/mol. The van der Waals surface area contributed by atoms with Gasteiger partial charge in [-0.3, -0.25) is 4.79 Å². The van der Waals surface area contributed by atoms with Gasteiger partial charge in [-0.15, -0.1) is 0 Å². The zero-order valence-corrected chi connectivity index (χ0v) is 13.4. The van der Waals surface area contributed by atoms with Gasteiger partial charge in [-0.1, -0.05) is 43.8 Å².